The highest BCUT2D eigenvalue weighted by Crippen LogP contribution is 2.21. The van der Waals surface area contributed by atoms with Crippen LogP contribution in [0.5, 0.6) is 0 Å². The SMILES string of the molecule is Cc1ccc(-c2nc3scc(CCNC(=O)/C=C/c4ccco4)n3n2)cc1. The van der Waals surface area contributed by atoms with E-state index in [1.165, 1.54) is 11.6 Å². The first kappa shape index (κ1) is 17.2. The fourth-order valence-corrected chi connectivity index (χ4v) is 3.49. The number of amides is 1. The molecule has 0 spiro atoms. The molecule has 1 amide bonds. The summed E-state index contributed by atoms with van der Waals surface area (Å²) in [4.78, 5) is 17.3. The number of hydrogen-bond donors (Lipinski definition) is 1. The third-order valence-corrected chi connectivity index (χ3v) is 4.95. The van der Waals surface area contributed by atoms with E-state index in [0.717, 1.165) is 16.2 Å². The number of carbonyl (C=O) groups is 1. The summed E-state index contributed by atoms with van der Waals surface area (Å²) in [5.74, 6) is 1.21. The van der Waals surface area contributed by atoms with Gasteiger partial charge in [0.1, 0.15) is 5.76 Å². The Morgan fingerprint density at radius 3 is 2.93 bits per heavy atom. The van der Waals surface area contributed by atoms with Crippen molar-refractivity contribution in [1.29, 1.82) is 0 Å². The second-order valence-electron chi connectivity index (χ2n) is 6.11. The Morgan fingerprint density at radius 2 is 2.15 bits per heavy atom. The zero-order valence-electron chi connectivity index (χ0n) is 14.8. The van der Waals surface area contributed by atoms with Crippen LogP contribution in [-0.2, 0) is 11.2 Å². The average Bonchev–Trinajstić information content (AvgIpc) is 3.39. The van der Waals surface area contributed by atoms with Gasteiger partial charge in [-0.05, 0) is 25.1 Å². The molecule has 4 rings (SSSR count). The van der Waals surface area contributed by atoms with Gasteiger partial charge in [-0.25, -0.2) is 4.52 Å². The Balaban J connectivity index is 1.39. The molecule has 0 atom stereocenters. The third-order valence-electron chi connectivity index (χ3n) is 4.08. The maximum atomic E-state index is 11.9. The van der Waals surface area contributed by atoms with Crippen molar-refractivity contribution in [3.63, 3.8) is 0 Å². The summed E-state index contributed by atoms with van der Waals surface area (Å²) in [5.41, 5.74) is 3.23. The molecule has 0 unspecified atom stereocenters. The quantitative estimate of drug-likeness (QED) is 0.519. The molecule has 136 valence electrons. The first-order valence-electron chi connectivity index (χ1n) is 8.58. The number of nitrogens with one attached hydrogen (secondary N) is 1. The number of aryl methyl sites for hydroxylation is 1. The number of furan rings is 1. The molecule has 0 saturated carbocycles. The van der Waals surface area contributed by atoms with E-state index in [4.69, 9.17) is 4.42 Å². The van der Waals surface area contributed by atoms with Crippen molar-refractivity contribution in [1.82, 2.24) is 19.9 Å². The fraction of sp³-hybridized carbons (Fsp3) is 0.150. The monoisotopic (exact) mass is 378 g/mol. The Bertz CT molecular complexity index is 1080. The van der Waals surface area contributed by atoms with Crippen molar-refractivity contribution in [2.45, 2.75) is 13.3 Å². The van der Waals surface area contributed by atoms with Crippen LogP contribution in [0, 0.1) is 6.92 Å². The molecule has 0 aliphatic heterocycles. The number of thiazole rings is 1. The van der Waals surface area contributed by atoms with Crippen molar-refractivity contribution in [3.05, 3.63) is 71.1 Å². The highest BCUT2D eigenvalue weighted by molar-refractivity contribution is 7.15. The molecule has 0 fully saturated rings. The van der Waals surface area contributed by atoms with Gasteiger partial charge in [0.2, 0.25) is 10.9 Å². The van der Waals surface area contributed by atoms with E-state index in [1.54, 1.807) is 35.8 Å². The summed E-state index contributed by atoms with van der Waals surface area (Å²) in [5, 5.41) is 9.51. The van der Waals surface area contributed by atoms with Crippen LogP contribution in [0.25, 0.3) is 22.4 Å². The van der Waals surface area contributed by atoms with Gasteiger partial charge in [0, 0.05) is 30.0 Å². The van der Waals surface area contributed by atoms with Crippen molar-refractivity contribution in [2.24, 2.45) is 0 Å². The van der Waals surface area contributed by atoms with Crippen LogP contribution in [0.3, 0.4) is 0 Å². The molecular weight excluding hydrogens is 360 g/mol. The van der Waals surface area contributed by atoms with E-state index in [9.17, 15) is 4.79 Å². The Hall–Kier alpha value is -3.19. The first-order chi connectivity index (χ1) is 13.2. The second kappa shape index (κ2) is 7.59. The molecule has 0 saturated heterocycles. The number of fused-ring (bicyclic) bond motifs is 1. The van der Waals surface area contributed by atoms with Crippen molar-refractivity contribution >= 4 is 28.3 Å². The van der Waals surface area contributed by atoms with Crippen molar-refractivity contribution in [3.8, 4) is 11.4 Å². The van der Waals surface area contributed by atoms with Gasteiger partial charge in [0.25, 0.3) is 0 Å². The molecule has 7 heteroatoms. The van der Waals surface area contributed by atoms with Crippen LogP contribution < -0.4 is 5.32 Å². The lowest BCUT2D eigenvalue weighted by molar-refractivity contribution is -0.116. The van der Waals surface area contributed by atoms with Gasteiger partial charge in [0.05, 0.1) is 12.0 Å². The molecule has 3 aromatic heterocycles. The minimum atomic E-state index is -0.156. The predicted octanol–water partition coefficient (Wildman–Crippen LogP) is 3.73. The van der Waals surface area contributed by atoms with E-state index in [1.807, 2.05) is 22.0 Å². The second-order valence-corrected chi connectivity index (χ2v) is 6.95. The Kier molecular flexibility index (Phi) is 4.84. The minimum absolute atomic E-state index is 0.156. The number of hydrogen-bond acceptors (Lipinski definition) is 5. The summed E-state index contributed by atoms with van der Waals surface area (Å²) in [6.07, 6.45) is 5.36. The van der Waals surface area contributed by atoms with Gasteiger partial charge in [0.15, 0.2) is 5.82 Å². The topological polar surface area (TPSA) is 72.4 Å². The summed E-state index contributed by atoms with van der Waals surface area (Å²) < 4.78 is 7.01. The zero-order valence-corrected chi connectivity index (χ0v) is 15.6. The molecule has 0 radical (unpaired) electrons. The van der Waals surface area contributed by atoms with E-state index >= 15 is 0 Å². The molecule has 1 aromatic carbocycles. The first-order valence-corrected chi connectivity index (χ1v) is 9.46. The van der Waals surface area contributed by atoms with Crippen LogP contribution in [0.4, 0.5) is 0 Å². The van der Waals surface area contributed by atoms with Gasteiger partial charge in [-0.1, -0.05) is 29.8 Å². The number of benzene rings is 1. The number of aromatic nitrogens is 3. The molecule has 4 aromatic rings. The van der Waals surface area contributed by atoms with E-state index < -0.39 is 0 Å². The molecule has 27 heavy (non-hydrogen) atoms. The van der Waals surface area contributed by atoms with Crippen LogP contribution in [0.15, 0.2) is 58.5 Å². The van der Waals surface area contributed by atoms with Gasteiger partial charge in [-0.15, -0.1) is 16.4 Å². The highest BCUT2D eigenvalue weighted by Gasteiger charge is 2.11. The largest absolute Gasteiger partial charge is 0.465 e. The molecule has 0 bridgehead atoms. The van der Waals surface area contributed by atoms with Crippen molar-refractivity contribution in [2.75, 3.05) is 6.54 Å². The normalized spacial score (nSPS) is 11.4. The van der Waals surface area contributed by atoms with E-state index in [2.05, 4.69) is 34.5 Å². The standard InChI is InChI=1S/C20H18N4O2S/c1-14-4-6-15(7-5-14)19-22-20-24(23-19)16(13-27-20)10-11-21-18(25)9-8-17-3-2-12-26-17/h2-9,12-13H,10-11H2,1H3,(H,21,25)/b9-8+. The van der Waals surface area contributed by atoms with Crippen molar-refractivity contribution < 1.29 is 9.21 Å². The molecule has 3 heterocycles. The zero-order chi connectivity index (χ0) is 18.6. The Morgan fingerprint density at radius 1 is 1.30 bits per heavy atom. The number of carbonyl (C=O) groups excluding carboxylic acids is 1. The van der Waals surface area contributed by atoms with Crippen LogP contribution in [0.2, 0.25) is 0 Å². The number of nitrogens with zero attached hydrogens (tertiary/aromatic N) is 3. The van der Waals surface area contributed by atoms with E-state index in [0.29, 0.717) is 24.6 Å². The van der Waals surface area contributed by atoms with Gasteiger partial charge in [-0.2, -0.15) is 4.98 Å². The average molecular weight is 378 g/mol. The van der Waals surface area contributed by atoms with E-state index in [-0.39, 0.29) is 5.91 Å². The third kappa shape index (κ3) is 3.98. The number of rotatable bonds is 6. The maximum absolute atomic E-state index is 11.9. The van der Waals surface area contributed by atoms with Gasteiger partial charge in [-0.3, -0.25) is 4.79 Å². The lowest BCUT2D eigenvalue weighted by Gasteiger charge is -2.01. The molecule has 0 aliphatic rings. The minimum Gasteiger partial charge on any atom is -0.465 e. The molecule has 1 N–H and O–H groups in total. The summed E-state index contributed by atoms with van der Waals surface area (Å²) >= 11 is 1.55. The summed E-state index contributed by atoms with van der Waals surface area (Å²) in [6.45, 7) is 2.58. The predicted molar refractivity (Wildman–Crippen MR) is 105 cm³/mol. The lowest BCUT2D eigenvalue weighted by atomic mass is 10.1. The van der Waals surface area contributed by atoms with Gasteiger partial charge >= 0.3 is 0 Å². The molecule has 0 aliphatic carbocycles. The maximum Gasteiger partial charge on any atom is 0.244 e. The molecular formula is C20H18N4O2S. The fourth-order valence-electron chi connectivity index (χ4n) is 2.64. The van der Waals surface area contributed by atoms with Crippen LogP contribution >= 0.6 is 11.3 Å². The van der Waals surface area contributed by atoms with Crippen LogP contribution in [0.1, 0.15) is 17.0 Å². The lowest BCUT2D eigenvalue weighted by Crippen LogP contribution is -2.23. The highest BCUT2D eigenvalue weighted by atomic mass is 32.1. The molecule has 6 nitrogen and oxygen atoms in total. The van der Waals surface area contributed by atoms with Crippen LogP contribution in [-0.4, -0.2) is 27.0 Å². The van der Waals surface area contributed by atoms with Gasteiger partial charge < -0.3 is 9.73 Å². The summed E-state index contributed by atoms with van der Waals surface area (Å²) in [7, 11) is 0. The summed E-state index contributed by atoms with van der Waals surface area (Å²) in [6, 6.07) is 11.7. The Labute approximate surface area is 160 Å². The smallest absolute Gasteiger partial charge is 0.244 e.